The van der Waals surface area contributed by atoms with Crippen LogP contribution < -0.4 is 11.3 Å². The van der Waals surface area contributed by atoms with E-state index in [4.69, 9.17) is 5.73 Å². The molecule has 3 heterocycles. The minimum Gasteiger partial charge on any atom is -0.370 e. The maximum Gasteiger partial charge on any atom is 0.320 e. The van der Waals surface area contributed by atoms with Gasteiger partial charge in [-0.25, -0.2) is 9.18 Å². The zero-order chi connectivity index (χ0) is 30.0. The number of halogens is 1. The highest BCUT2D eigenvalue weighted by Gasteiger charge is 2.48. The molecule has 3 aromatic rings. The van der Waals surface area contributed by atoms with Gasteiger partial charge < -0.3 is 20.1 Å². The Kier molecular flexibility index (Phi) is 8.37. The molecular formula is C35H41FN4O3. The number of urea groups is 1. The maximum atomic E-state index is 15.4. The van der Waals surface area contributed by atoms with Crippen LogP contribution in [-0.2, 0) is 11.3 Å². The van der Waals surface area contributed by atoms with Crippen molar-refractivity contribution in [1.82, 2.24) is 14.4 Å². The van der Waals surface area contributed by atoms with Gasteiger partial charge in [-0.15, -0.1) is 0 Å². The molecule has 1 unspecified atom stereocenters. The fourth-order valence-corrected chi connectivity index (χ4v) is 7.89. The fraction of sp³-hybridized carbons (Fsp3) is 0.457. The molecule has 3 amide bonds. The van der Waals surface area contributed by atoms with E-state index in [1.807, 2.05) is 82.4 Å². The zero-order valence-corrected chi connectivity index (χ0v) is 24.6. The van der Waals surface area contributed by atoms with Gasteiger partial charge in [0.05, 0.1) is 12.6 Å². The number of amides is 3. The fourth-order valence-electron chi connectivity index (χ4n) is 7.89. The zero-order valence-electron chi connectivity index (χ0n) is 24.6. The van der Waals surface area contributed by atoms with Crippen molar-refractivity contribution in [3.63, 3.8) is 0 Å². The highest BCUT2D eigenvalue weighted by atomic mass is 19.1. The predicted molar refractivity (Wildman–Crippen MR) is 165 cm³/mol. The molecule has 7 nitrogen and oxygen atoms in total. The van der Waals surface area contributed by atoms with Crippen molar-refractivity contribution in [2.45, 2.75) is 63.7 Å². The molecule has 2 N–H and O–H groups in total. The van der Waals surface area contributed by atoms with Gasteiger partial charge in [0.1, 0.15) is 6.17 Å². The number of carbonyl (C=O) groups excluding carboxylic acids is 2. The van der Waals surface area contributed by atoms with Gasteiger partial charge in [0.25, 0.3) is 5.56 Å². The van der Waals surface area contributed by atoms with Crippen molar-refractivity contribution in [1.29, 1.82) is 0 Å². The highest BCUT2D eigenvalue weighted by Crippen LogP contribution is 2.50. The SMILES string of the molecule is NC(=O)C[C@@H]1C[C@@H](c2ccccc2)N(C(=O)N2CC[C@@H](Cn3ccc(-c4ccccc4)cc3=O)C3(CCCC3)C2)CC1F. The average molecular weight is 585 g/mol. The molecular weight excluding hydrogens is 543 g/mol. The van der Waals surface area contributed by atoms with Crippen LogP contribution in [0.1, 0.15) is 56.6 Å². The van der Waals surface area contributed by atoms with Crippen LogP contribution in [0.25, 0.3) is 11.1 Å². The Hall–Kier alpha value is -3.94. The summed E-state index contributed by atoms with van der Waals surface area (Å²) in [5.41, 5.74) is 8.25. The van der Waals surface area contributed by atoms with Gasteiger partial charge >= 0.3 is 6.03 Å². The van der Waals surface area contributed by atoms with Crippen LogP contribution in [0.2, 0.25) is 0 Å². The van der Waals surface area contributed by atoms with E-state index in [9.17, 15) is 14.4 Å². The first-order valence-corrected chi connectivity index (χ1v) is 15.6. The molecule has 4 atom stereocenters. The molecule has 0 radical (unpaired) electrons. The van der Waals surface area contributed by atoms with Gasteiger partial charge in [0.15, 0.2) is 0 Å². The number of nitrogens with zero attached hydrogens (tertiary/aromatic N) is 3. The number of aromatic nitrogens is 1. The summed E-state index contributed by atoms with van der Waals surface area (Å²) in [5.74, 6) is -0.747. The van der Waals surface area contributed by atoms with E-state index in [0.29, 0.717) is 26.1 Å². The number of pyridine rings is 1. The summed E-state index contributed by atoms with van der Waals surface area (Å²) in [6, 6.07) is 22.9. The van der Waals surface area contributed by atoms with E-state index in [2.05, 4.69) is 0 Å². The third-order valence-electron chi connectivity index (χ3n) is 10.2. The van der Waals surface area contributed by atoms with E-state index < -0.39 is 18.0 Å². The second-order valence-corrected chi connectivity index (χ2v) is 12.8. The standard InChI is InChI=1S/C35H41FN4O3/c36-30-23-40(31(19-28(30)20-32(37)41)26-11-5-2-6-12-26)34(43)39-18-14-29(35(24-39)15-7-8-16-35)22-38-17-13-27(21-33(38)42)25-9-3-1-4-10-25/h1-6,9-13,17,21,28-31H,7-8,14-16,18-20,22-24H2,(H2,37,41)/t28-,29-,30?,31-/m0/s1. The molecule has 1 saturated carbocycles. The van der Waals surface area contributed by atoms with E-state index in [-0.39, 0.29) is 41.9 Å². The summed E-state index contributed by atoms with van der Waals surface area (Å²) < 4.78 is 17.2. The lowest BCUT2D eigenvalue weighted by Crippen LogP contribution is -2.57. The molecule has 3 fully saturated rings. The van der Waals surface area contributed by atoms with Gasteiger partial charge in [-0.05, 0) is 59.8 Å². The van der Waals surface area contributed by atoms with E-state index >= 15 is 4.39 Å². The minimum absolute atomic E-state index is 0.00784. The summed E-state index contributed by atoms with van der Waals surface area (Å²) in [6.07, 6.45) is 6.00. The van der Waals surface area contributed by atoms with Crippen LogP contribution in [-0.4, -0.2) is 52.1 Å². The molecule has 2 aliphatic heterocycles. The average Bonchev–Trinajstić information content (AvgIpc) is 3.49. The molecule has 0 bridgehead atoms. The lowest BCUT2D eigenvalue weighted by Gasteiger charge is -2.50. The van der Waals surface area contributed by atoms with Gasteiger partial charge in [0, 0.05) is 44.2 Å². The van der Waals surface area contributed by atoms with Crippen LogP contribution in [0.4, 0.5) is 9.18 Å². The number of hydrogen-bond donors (Lipinski definition) is 1. The third kappa shape index (κ3) is 6.10. The van der Waals surface area contributed by atoms with Crippen molar-refractivity contribution in [3.05, 3.63) is 94.9 Å². The molecule has 1 aromatic heterocycles. The smallest absolute Gasteiger partial charge is 0.320 e. The Morgan fingerprint density at radius 1 is 0.953 bits per heavy atom. The first-order valence-electron chi connectivity index (χ1n) is 15.6. The number of benzene rings is 2. The van der Waals surface area contributed by atoms with E-state index in [1.54, 1.807) is 11.0 Å². The van der Waals surface area contributed by atoms with Crippen LogP contribution >= 0.6 is 0 Å². The van der Waals surface area contributed by atoms with Crippen molar-refractivity contribution >= 4 is 11.9 Å². The molecule has 1 aliphatic carbocycles. The normalized spacial score (nSPS) is 25.1. The molecule has 3 aliphatic rings. The quantitative estimate of drug-likeness (QED) is 0.398. The summed E-state index contributed by atoms with van der Waals surface area (Å²) in [7, 11) is 0. The summed E-state index contributed by atoms with van der Waals surface area (Å²) >= 11 is 0. The van der Waals surface area contributed by atoms with Crippen LogP contribution in [0.5, 0.6) is 0 Å². The van der Waals surface area contributed by atoms with Gasteiger partial charge in [-0.3, -0.25) is 9.59 Å². The molecule has 43 heavy (non-hydrogen) atoms. The molecule has 6 rings (SSSR count). The topological polar surface area (TPSA) is 88.6 Å². The summed E-state index contributed by atoms with van der Waals surface area (Å²) in [6.45, 7) is 1.77. The van der Waals surface area contributed by atoms with E-state index in [1.165, 1.54) is 0 Å². The Labute approximate surface area is 252 Å². The Bertz CT molecular complexity index is 1490. The van der Waals surface area contributed by atoms with Crippen molar-refractivity contribution in [2.24, 2.45) is 23.0 Å². The monoisotopic (exact) mass is 584 g/mol. The van der Waals surface area contributed by atoms with Crippen molar-refractivity contribution in [3.8, 4) is 11.1 Å². The van der Waals surface area contributed by atoms with Gasteiger partial charge in [-0.1, -0.05) is 73.5 Å². The van der Waals surface area contributed by atoms with Crippen molar-refractivity contribution < 1.29 is 14.0 Å². The minimum atomic E-state index is -1.31. The number of likely N-dealkylation sites (tertiary alicyclic amines) is 2. The number of alkyl halides is 1. The lowest BCUT2D eigenvalue weighted by atomic mass is 9.69. The predicted octanol–water partition coefficient (Wildman–Crippen LogP) is 5.79. The number of nitrogens with two attached hydrogens (primary N) is 1. The molecule has 8 heteroatoms. The molecule has 2 saturated heterocycles. The second kappa shape index (κ2) is 12.3. The summed E-state index contributed by atoms with van der Waals surface area (Å²) in [5, 5.41) is 0. The number of primary amides is 1. The van der Waals surface area contributed by atoms with Crippen LogP contribution in [0.3, 0.4) is 0 Å². The number of rotatable bonds is 6. The van der Waals surface area contributed by atoms with Gasteiger partial charge in [0.2, 0.25) is 5.91 Å². The highest BCUT2D eigenvalue weighted by molar-refractivity contribution is 5.76. The Morgan fingerprint density at radius 3 is 2.33 bits per heavy atom. The first kappa shape index (κ1) is 29.1. The number of piperidine rings is 2. The van der Waals surface area contributed by atoms with Gasteiger partial charge in [-0.2, -0.15) is 0 Å². The summed E-state index contributed by atoms with van der Waals surface area (Å²) in [4.78, 5) is 42.7. The number of carbonyl (C=O) groups is 2. The molecule has 2 aromatic carbocycles. The van der Waals surface area contributed by atoms with Crippen LogP contribution in [0.15, 0.2) is 83.8 Å². The maximum absolute atomic E-state index is 15.4. The molecule has 226 valence electrons. The number of hydrogen-bond acceptors (Lipinski definition) is 3. The van der Waals surface area contributed by atoms with E-state index in [0.717, 1.165) is 48.8 Å². The third-order valence-corrected chi connectivity index (χ3v) is 10.2. The van der Waals surface area contributed by atoms with Crippen molar-refractivity contribution in [2.75, 3.05) is 19.6 Å². The lowest BCUT2D eigenvalue weighted by molar-refractivity contribution is -0.120. The Morgan fingerprint density at radius 2 is 1.65 bits per heavy atom. The van der Waals surface area contributed by atoms with Crippen LogP contribution in [0, 0.1) is 17.3 Å². The molecule has 1 spiro atoms. The largest absolute Gasteiger partial charge is 0.370 e. The second-order valence-electron chi connectivity index (χ2n) is 12.8. The Balaban J connectivity index is 1.20. The first-order chi connectivity index (χ1) is 20.8.